The van der Waals surface area contributed by atoms with Crippen LogP contribution in [-0.2, 0) is 0 Å². The molecule has 3 heterocycles. The maximum Gasteiger partial charge on any atom is 0.214 e. The van der Waals surface area contributed by atoms with Gasteiger partial charge in [0.25, 0.3) is 0 Å². The molecule has 0 bridgehead atoms. The third-order valence-electron chi connectivity index (χ3n) is 3.08. The van der Waals surface area contributed by atoms with Crippen molar-refractivity contribution in [2.45, 2.75) is 19.3 Å². The van der Waals surface area contributed by atoms with E-state index in [9.17, 15) is 0 Å². The Kier molecular flexibility index (Phi) is 3.15. The van der Waals surface area contributed by atoms with Crippen LogP contribution in [0.3, 0.4) is 0 Å². The average Bonchev–Trinajstić information content (AvgIpc) is 2.93. The number of piperidine rings is 1. The lowest BCUT2D eigenvalue weighted by molar-refractivity contribution is 0.419. The second kappa shape index (κ2) is 4.94. The summed E-state index contributed by atoms with van der Waals surface area (Å²) in [4.78, 5) is 10.7. The summed E-state index contributed by atoms with van der Waals surface area (Å²) in [5, 5.41) is 4.28. The lowest BCUT2D eigenvalue weighted by atomic mass is 10.1. The average molecular weight is 265 g/mol. The van der Waals surface area contributed by atoms with Crippen molar-refractivity contribution in [1.82, 2.24) is 15.1 Å². The zero-order valence-electron chi connectivity index (χ0n) is 9.84. The molecule has 0 amide bonds. The van der Waals surface area contributed by atoms with Crippen molar-refractivity contribution < 1.29 is 4.52 Å². The molecule has 0 atom stereocenters. The van der Waals surface area contributed by atoms with Gasteiger partial charge in [0, 0.05) is 18.7 Å². The first-order valence-electron chi connectivity index (χ1n) is 6.02. The summed E-state index contributed by atoms with van der Waals surface area (Å²) in [7, 11) is 0. The quantitative estimate of drug-likeness (QED) is 0.781. The molecule has 6 heteroatoms. The minimum Gasteiger partial charge on any atom is -0.357 e. The Hall–Kier alpha value is -1.62. The predicted octanol–water partition coefficient (Wildman–Crippen LogP) is 2.78. The van der Waals surface area contributed by atoms with Crippen LogP contribution >= 0.6 is 11.6 Å². The lowest BCUT2D eigenvalue weighted by Gasteiger charge is -2.27. The number of nitrogens with zero attached hydrogens (tertiary/aromatic N) is 4. The molecule has 18 heavy (non-hydrogen) atoms. The first kappa shape index (κ1) is 11.5. The number of halogens is 1. The van der Waals surface area contributed by atoms with E-state index >= 15 is 0 Å². The Bertz CT molecular complexity index is 523. The normalized spacial score (nSPS) is 15.9. The Morgan fingerprint density at radius 3 is 2.72 bits per heavy atom. The largest absolute Gasteiger partial charge is 0.357 e. The molecular weight excluding hydrogens is 252 g/mol. The molecule has 5 nitrogen and oxygen atoms in total. The molecule has 0 aromatic carbocycles. The van der Waals surface area contributed by atoms with E-state index in [1.54, 1.807) is 6.07 Å². The fourth-order valence-electron chi connectivity index (χ4n) is 2.19. The number of hydrogen-bond acceptors (Lipinski definition) is 5. The molecule has 0 spiro atoms. The van der Waals surface area contributed by atoms with E-state index in [4.69, 9.17) is 16.1 Å². The number of anilines is 1. The first-order chi connectivity index (χ1) is 8.83. The SMILES string of the molecule is Clc1cc(-c2ncon2)cc(N2CCCCC2)n1. The number of hydrogen-bond donors (Lipinski definition) is 0. The van der Waals surface area contributed by atoms with Gasteiger partial charge in [0.05, 0.1) is 0 Å². The van der Waals surface area contributed by atoms with E-state index in [-0.39, 0.29) is 0 Å². The molecule has 1 fully saturated rings. The fourth-order valence-corrected chi connectivity index (χ4v) is 2.40. The molecule has 2 aromatic heterocycles. The van der Waals surface area contributed by atoms with Crippen LogP contribution in [0.25, 0.3) is 11.4 Å². The van der Waals surface area contributed by atoms with Crippen molar-refractivity contribution in [1.29, 1.82) is 0 Å². The molecular formula is C12H13ClN4O. The molecule has 1 saturated heterocycles. The molecule has 0 saturated carbocycles. The van der Waals surface area contributed by atoms with E-state index in [1.165, 1.54) is 25.7 Å². The van der Waals surface area contributed by atoms with Crippen molar-refractivity contribution in [2.75, 3.05) is 18.0 Å². The highest BCUT2D eigenvalue weighted by molar-refractivity contribution is 6.29. The molecule has 3 rings (SSSR count). The van der Waals surface area contributed by atoms with Crippen LogP contribution in [0.5, 0.6) is 0 Å². The van der Waals surface area contributed by atoms with Crippen molar-refractivity contribution in [3.8, 4) is 11.4 Å². The van der Waals surface area contributed by atoms with Crippen LogP contribution in [0.1, 0.15) is 19.3 Å². The molecule has 0 unspecified atom stereocenters. The zero-order valence-corrected chi connectivity index (χ0v) is 10.6. The van der Waals surface area contributed by atoms with Crippen molar-refractivity contribution in [3.05, 3.63) is 23.7 Å². The van der Waals surface area contributed by atoms with Crippen LogP contribution in [0, 0.1) is 0 Å². The van der Waals surface area contributed by atoms with Crippen molar-refractivity contribution >= 4 is 17.4 Å². The second-order valence-corrected chi connectivity index (χ2v) is 4.73. The van der Waals surface area contributed by atoms with Gasteiger partial charge >= 0.3 is 0 Å². The standard InChI is InChI=1S/C12H13ClN4O/c13-10-6-9(12-14-8-18-16-12)7-11(15-10)17-4-2-1-3-5-17/h6-8H,1-5H2. The minimum atomic E-state index is 0.456. The molecule has 94 valence electrons. The second-order valence-electron chi connectivity index (χ2n) is 4.34. The van der Waals surface area contributed by atoms with E-state index in [2.05, 4.69) is 20.0 Å². The smallest absolute Gasteiger partial charge is 0.214 e. The van der Waals surface area contributed by atoms with Crippen molar-refractivity contribution in [2.24, 2.45) is 0 Å². The number of aromatic nitrogens is 3. The lowest BCUT2D eigenvalue weighted by Crippen LogP contribution is -2.30. The summed E-state index contributed by atoms with van der Waals surface area (Å²) in [6.45, 7) is 2.05. The van der Waals surface area contributed by atoms with E-state index < -0.39 is 0 Å². The van der Waals surface area contributed by atoms with E-state index in [0.717, 1.165) is 24.5 Å². The van der Waals surface area contributed by atoms with Crippen LogP contribution in [0.4, 0.5) is 5.82 Å². The van der Waals surface area contributed by atoms with Gasteiger partial charge in [0.1, 0.15) is 11.0 Å². The molecule has 1 aliphatic heterocycles. The van der Waals surface area contributed by atoms with Crippen LogP contribution in [-0.4, -0.2) is 28.2 Å². The van der Waals surface area contributed by atoms with Gasteiger partial charge < -0.3 is 9.42 Å². The first-order valence-corrected chi connectivity index (χ1v) is 6.40. The highest BCUT2D eigenvalue weighted by Crippen LogP contribution is 2.26. The third kappa shape index (κ3) is 2.31. The van der Waals surface area contributed by atoms with Crippen LogP contribution < -0.4 is 4.90 Å². The Morgan fingerprint density at radius 1 is 1.17 bits per heavy atom. The maximum atomic E-state index is 6.06. The monoisotopic (exact) mass is 264 g/mol. The highest BCUT2D eigenvalue weighted by atomic mass is 35.5. The molecule has 0 radical (unpaired) electrons. The molecule has 1 aliphatic rings. The van der Waals surface area contributed by atoms with Gasteiger partial charge in [-0.1, -0.05) is 16.8 Å². The molecule has 0 N–H and O–H groups in total. The topological polar surface area (TPSA) is 55.1 Å². The predicted molar refractivity (Wildman–Crippen MR) is 68.6 cm³/mol. The van der Waals surface area contributed by atoms with Gasteiger partial charge in [-0.3, -0.25) is 0 Å². The van der Waals surface area contributed by atoms with E-state index in [1.807, 2.05) is 6.07 Å². The van der Waals surface area contributed by atoms with Crippen LogP contribution in [0.15, 0.2) is 23.0 Å². The summed E-state index contributed by atoms with van der Waals surface area (Å²) in [5.74, 6) is 1.43. The Balaban J connectivity index is 1.95. The Labute approximate surface area is 110 Å². The van der Waals surface area contributed by atoms with Crippen LogP contribution in [0.2, 0.25) is 5.15 Å². The maximum absolute atomic E-state index is 6.06. The summed E-state index contributed by atoms with van der Waals surface area (Å²) >= 11 is 6.06. The Morgan fingerprint density at radius 2 is 2.00 bits per heavy atom. The van der Waals surface area contributed by atoms with Gasteiger partial charge in [0.15, 0.2) is 0 Å². The number of rotatable bonds is 2. The summed E-state index contributed by atoms with van der Waals surface area (Å²) in [6, 6.07) is 3.71. The van der Waals surface area contributed by atoms with Gasteiger partial charge in [0.2, 0.25) is 12.2 Å². The van der Waals surface area contributed by atoms with Gasteiger partial charge in [-0.25, -0.2) is 4.98 Å². The van der Waals surface area contributed by atoms with E-state index in [0.29, 0.717) is 11.0 Å². The summed E-state index contributed by atoms with van der Waals surface area (Å²) in [5.41, 5.74) is 0.837. The highest BCUT2D eigenvalue weighted by Gasteiger charge is 2.15. The third-order valence-corrected chi connectivity index (χ3v) is 3.27. The number of pyridine rings is 1. The summed E-state index contributed by atoms with van der Waals surface area (Å²) < 4.78 is 4.76. The van der Waals surface area contributed by atoms with Gasteiger partial charge in [-0.2, -0.15) is 4.98 Å². The minimum absolute atomic E-state index is 0.456. The zero-order chi connectivity index (χ0) is 12.4. The molecule has 2 aromatic rings. The summed E-state index contributed by atoms with van der Waals surface area (Å²) in [6.07, 6.45) is 5.00. The molecule has 0 aliphatic carbocycles. The fraction of sp³-hybridized carbons (Fsp3) is 0.417. The van der Waals surface area contributed by atoms with Gasteiger partial charge in [-0.15, -0.1) is 0 Å². The van der Waals surface area contributed by atoms with Crippen molar-refractivity contribution in [3.63, 3.8) is 0 Å². The van der Waals surface area contributed by atoms with Gasteiger partial charge in [-0.05, 0) is 31.4 Å².